The fraction of sp³-hybridized carbons (Fsp3) is 0.500. The van der Waals surface area contributed by atoms with Crippen molar-refractivity contribution in [2.24, 2.45) is 13.0 Å². The molecule has 0 bridgehead atoms. The number of hydrogen-bond acceptors (Lipinski definition) is 4. The van der Waals surface area contributed by atoms with E-state index < -0.39 is 0 Å². The van der Waals surface area contributed by atoms with Gasteiger partial charge in [0.05, 0.1) is 13.0 Å². The van der Waals surface area contributed by atoms with Crippen molar-refractivity contribution in [2.45, 2.75) is 12.8 Å². The van der Waals surface area contributed by atoms with E-state index in [4.69, 9.17) is 4.74 Å². The van der Waals surface area contributed by atoms with Crippen LogP contribution in [0.3, 0.4) is 0 Å². The lowest BCUT2D eigenvalue weighted by atomic mass is 9.96. The van der Waals surface area contributed by atoms with Gasteiger partial charge in [0.15, 0.2) is 0 Å². The lowest BCUT2D eigenvalue weighted by Gasteiger charge is -2.30. The van der Waals surface area contributed by atoms with Crippen molar-refractivity contribution in [3.05, 3.63) is 34.2 Å². The van der Waals surface area contributed by atoms with Crippen LogP contribution in [0.1, 0.15) is 23.2 Å². The number of ether oxygens (including phenoxy) is 1. The number of rotatable bonds is 2. The van der Waals surface area contributed by atoms with Crippen molar-refractivity contribution < 1.29 is 14.3 Å². The summed E-state index contributed by atoms with van der Waals surface area (Å²) in [6, 6.07) is 2.98. The van der Waals surface area contributed by atoms with Crippen molar-refractivity contribution in [1.82, 2.24) is 9.47 Å². The van der Waals surface area contributed by atoms with Crippen molar-refractivity contribution in [3.8, 4) is 0 Å². The highest BCUT2D eigenvalue weighted by atomic mass is 16.5. The number of esters is 1. The second kappa shape index (κ2) is 5.90. The molecule has 0 unspecified atom stereocenters. The van der Waals surface area contributed by atoms with E-state index >= 15 is 0 Å². The van der Waals surface area contributed by atoms with Gasteiger partial charge in [-0.1, -0.05) is 0 Å². The molecule has 1 aliphatic rings. The molecule has 6 nitrogen and oxygen atoms in total. The maximum atomic E-state index is 12.3. The molecule has 1 aliphatic heterocycles. The number of piperidine rings is 1. The van der Waals surface area contributed by atoms with E-state index in [1.165, 1.54) is 17.7 Å². The maximum Gasteiger partial charge on any atom is 0.308 e. The van der Waals surface area contributed by atoms with Crippen LogP contribution >= 0.6 is 0 Å². The fourth-order valence-corrected chi connectivity index (χ4v) is 2.35. The first-order valence-corrected chi connectivity index (χ1v) is 6.56. The molecular formula is C14H18N2O4. The molecule has 1 fully saturated rings. The van der Waals surface area contributed by atoms with Gasteiger partial charge in [0.2, 0.25) is 0 Å². The molecule has 0 aliphatic carbocycles. The second-order valence-electron chi connectivity index (χ2n) is 4.95. The van der Waals surface area contributed by atoms with Gasteiger partial charge in [0.1, 0.15) is 0 Å². The van der Waals surface area contributed by atoms with Gasteiger partial charge < -0.3 is 14.2 Å². The number of hydrogen-bond donors (Lipinski definition) is 0. The second-order valence-corrected chi connectivity index (χ2v) is 4.95. The molecule has 0 atom stereocenters. The van der Waals surface area contributed by atoms with Gasteiger partial charge in [-0.3, -0.25) is 14.4 Å². The minimum absolute atomic E-state index is 0.132. The molecule has 0 spiro atoms. The highest BCUT2D eigenvalue weighted by Gasteiger charge is 2.28. The van der Waals surface area contributed by atoms with Gasteiger partial charge in [0.25, 0.3) is 11.5 Å². The number of aryl methyl sites for hydroxylation is 1. The molecule has 0 saturated carbocycles. The molecule has 0 aromatic carbocycles. The molecule has 2 rings (SSSR count). The Bertz CT molecular complexity index is 571. The third-order valence-corrected chi connectivity index (χ3v) is 3.67. The first-order valence-electron chi connectivity index (χ1n) is 6.56. The maximum absolute atomic E-state index is 12.3. The van der Waals surface area contributed by atoms with Gasteiger partial charge in [-0.2, -0.15) is 0 Å². The third kappa shape index (κ3) is 2.89. The fourth-order valence-electron chi connectivity index (χ4n) is 2.35. The number of likely N-dealkylation sites (tertiary alicyclic amines) is 1. The molecule has 1 aromatic heterocycles. The van der Waals surface area contributed by atoms with Crippen LogP contribution in [0.4, 0.5) is 0 Å². The first-order chi connectivity index (χ1) is 9.52. The molecule has 1 amide bonds. The predicted octanol–water partition coefficient (Wildman–Crippen LogP) is 0.410. The molecule has 1 saturated heterocycles. The summed E-state index contributed by atoms with van der Waals surface area (Å²) in [5.41, 5.74) is 0.185. The van der Waals surface area contributed by atoms with Crippen LogP contribution in [0.5, 0.6) is 0 Å². The van der Waals surface area contributed by atoms with Crippen molar-refractivity contribution in [3.63, 3.8) is 0 Å². The van der Waals surface area contributed by atoms with Crippen LogP contribution in [0.15, 0.2) is 23.1 Å². The SMILES string of the molecule is COC(=O)C1CCN(C(=O)c2ccn(C)c(=O)c2)CC1. The van der Waals surface area contributed by atoms with E-state index in [1.54, 1.807) is 24.2 Å². The minimum Gasteiger partial charge on any atom is -0.469 e. The predicted molar refractivity (Wildman–Crippen MR) is 72.3 cm³/mol. The highest BCUT2D eigenvalue weighted by Crippen LogP contribution is 2.19. The van der Waals surface area contributed by atoms with Crippen LogP contribution in [0.25, 0.3) is 0 Å². The molecule has 1 aromatic rings. The molecule has 6 heteroatoms. The summed E-state index contributed by atoms with van der Waals surface area (Å²) in [5.74, 6) is -0.510. The first kappa shape index (κ1) is 14.3. The lowest BCUT2D eigenvalue weighted by Crippen LogP contribution is -2.40. The van der Waals surface area contributed by atoms with Crippen molar-refractivity contribution >= 4 is 11.9 Å². The zero-order chi connectivity index (χ0) is 14.7. The summed E-state index contributed by atoms with van der Waals surface area (Å²) in [7, 11) is 3.01. The standard InChI is InChI=1S/C14H18N2O4/c1-15-6-3-11(9-12(15)17)13(18)16-7-4-10(5-8-16)14(19)20-2/h3,6,9-10H,4-5,7-8H2,1-2H3. The van der Waals surface area contributed by atoms with Crippen LogP contribution < -0.4 is 5.56 Å². The van der Waals surface area contributed by atoms with E-state index in [0.717, 1.165) is 0 Å². The van der Waals surface area contributed by atoms with E-state index in [9.17, 15) is 14.4 Å². The quantitative estimate of drug-likeness (QED) is 0.735. The summed E-state index contributed by atoms with van der Waals surface area (Å²) < 4.78 is 6.13. The van der Waals surface area contributed by atoms with Crippen molar-refractivity contribution in [2.75, 3.05) is 20.2 Å². The topological polar surface area (TPSA) is 68.6 Å². The Morgan fingerprint density at radius 2 is 1.95 bits per heavy atom. The van der Waals surface area contributed by atoms with E-state index in [0.29, 0.717) is 31.5 Å². The smallest absolute Gasteiger partial charge is 0.308 e. The van der Waals surface area contributed by atoms with Gasteiger partial charge in [-0.05, 0) is 18.9 Å². The van der Waals surface area contributed by atoms with Crippen molar-refractivity contribution in [1.29, 1.82) is 0 Å². The molecular weight excluding hydrogens is 260 g/mol. The number of pyridine rings is 1. The summed E-state index contributed by atoms with van der Waals surface area (Å²) in [6.45, 7) is 1.02. The lowest BCUT2D eigenvalue weighted by molar-refractivity contribution is -0.146. The molecule has 20 heavy (non-hydrogen) atoms. The Labute approximate surface area is 116 Å². The summed E-state index contributed by atoms with van der Waals surface area (Å²) >= 11 is 0. The van der Waals surface area contributed by atoms with Crippen LogP contribution in [-0.4, -0.2) is 41.5 Å². The highest BCUT2D eigenvalue weighted by molar-refractivity contribution is 5.94. The molecule has 0 radical (unpaired) electrons. The van der Waals surface area contributed by atoms with E-state index in [-0.39, 0.29) is 23.4 Å². The van der Waals surface area contributed by atoms with Gasteiger partial charge in [-0.25, -0.2) is 0 Å². The normalized spacial score (nSPS) is 16.0. The van der Waals surface area contributed by atoms with Crippen LogP contribution in [-0.2, 0) is 16.6 Å². The molecule has 0 N–H and O–H groups in total. The summed E-state index contributed by atoms with van der Waals surface area (Å²) in [6.07, 6.45) is 2.78. The van der Waals surface area contributed by atoms with Gasteiger partial charge in [0, 0.05) is 38.0 Å². The Morgan fingerprint density at radius 1 is 1.30 bits per heavy atom. The Morgan fingerprint density at radius 3 is 2.50 bits per heavy atom. The average Bonchev–Trinajstić information content (AvgIpc) is 2.48. The number of carbonyl (C=O) groups excluding carboxylic acids is 2. The van der Waals surface area contributed by atoms with Gasteiger partial charge in [-0.15, -0.1) is 0 Å². The Hall–Kier alpha value is -2.11. The third-order valence-electron chi connectivity index (χ3n) is 3.67. The zero-order valence-electron chi connectivity index (χ0n) is 11.7. The molecule has 2 heterocycles. The summed E-state index contributed by atoms with van der Waals surface area (Å²) in [4.78, 5) is 36.9. The zero-order valence-corrected chi connectivity index (χ0v) is 11.7. The monoisotopic (exact) mass is 278 g/mol. The Kier molecular flexibility index (Phi) is 4.22. The van der Waals surface area contributed by atoms with E-state index in [2.05, 4.69) is 0 Å². The van der Waals surface area contributed by atoms with Crippen LogP contribution in [0.2, 0.25) is 0 Å². The number of carbonyl (C=O) groups is 2. The number of nitrogens with zero attached hydrogens (tertiary/aromatic N) is 2. The molecule has 108 valence electrons. The largest absolute Gasteiger partial charge is 0.469 e. The summed E-state index contributed by atoms with van der Waals surface area (Å²) in [5, 5.41) is 0. The number of methoxy groups -OCH3 is 1. The average molecular weight is 278 g/mol. The minimum atomic E-state index is -0.217. The van der Waals surface area contributed by atoms with Crippen LogP contribution in [0, 0.1) is 5.92 Å². The number of aromatic nitrogens is 1. The van der Waals surface area contributed by atoms with E-state index in [1.807, 2.05) is 0 Å². The number of amides is 1. The van der Waals surface area contributed by atoms with Gasteiger partial charge >= 0.3 is 5.97 Å². The Balaban J connectivity index is 2.03.